The molecular formula is C21H33BN4O6. The minimum absolute atomic E-state index is 0.232. The largest absolute Gasteiger partial charge is 0.475 e. The second-order valence-corrected chi connectivity index (χ2v) is 8.00. The predicted octanol–water partition coefficient (Wildman–Crippen LogP) is -0.605. The number of amides is 4. The van der Waals surface area contributed by atoms with Gasteiger partial charge in [0, 0.05) is 27.2 Å². The van der Waals surface area contributed by atoms with Gasteiger partial charge in [0.05, 0.1) is 25.6 Å². The number of carbonyl (C=O) groups is 3. The third-order valence-electron chi connectivity index (χ3n) is 5.27. The van der Waals surface area contributed by atoms with Crippen LogP contribution in [0.25, 0.3) is 0 Å². The van der Waals surface area contributed by atoms with E-state index in [-0.39, 0.29) is 12.3 Å². The molecule has 1 aromatic rings. The molecule has 1 fully saturated rings. The lowest BCUT2D eigenvalue weighted by molar-refractivity contribution is -0.138. The van der Waals surface area contributed by atoms with Gasteiger partial charge in [0.25, 0.3) is 0 Å². The van der Waals surface area contributed by atoms with Crippen molar-refractivity contribution < 1.29 is 29.2 Å². The average Bonchev–Trinajstić information content (AvgIpc) is 2.78. The Morgan fingerprint density at radius 1 is 1.12 bits per heavy atom. The van der Waals surface area contributed by atoms with E-state index in [0.29, 0.717) is 39.1 Å². The van der Waals surface area contributed by atoms with E-state index in [0.717, 1.165) is 12.0 Å². The molecule has 0 bridgehead atoms. The molecule has 0 radical (unpaired) electrons. The zero-order chi connectivity index (χ0) is 23.5. The summed E-state index contributed by atoms with van der Waals surface area (Å²) in [6.07, 6.45) is 1.43. The zero-order valence-corrected chi connectivity index (χ0v) is 18.7. The number of aryl methyl sites for hydroxylation is 1. The summed E-state index contributed by atoms with van der Waals surface area (Å²) in [5, 5.41) is 24.6. The first-order valence-corrected chi connectivity index (χ1v) is 10.8. The molecular weight excluding hydrogens is 415 g/mol. The molecule has 2 rings (SSSR count). The van der Waals surface area contributed by atoms with Gasteiger partial charge in [-0.3, -0.25) is 9.59 Å². The Hall–Kier alpha value is -2.63. The van der Waals surface area contributed by atoms with Crippen LogP contribution in [-0.2, 0) is 20.7 Å². The Balaban J connectivity index is 1.99. The summed E-state index contributed by atoms with van der Waals surface area (Å²) in [5.74, 6) is -1.85. The van der Waals surface area contributed by atoms with Crippen LogP contribution in [0, 0.1) is 0 Å². The highest BCUT2D eigenvalue weighted by Gasteiger charge is 2.32. The number of carbonyl (C=O) groups excluding carboxylic acids is 3. The minimum atomic E-state index is -1.77. The first-order valence-electron chi connectivity index (χ1n) is 10.8. The summed E-state index contributed by atoms with van der Waals surface area (Å²) in [6.45, 7) is 1.69. The fourth-order valence-electron chi connectivity index (χ4n) is 3.35. The fraction of sp³-hybridized carbons (Fsp3) is 0.571. The van der Waals surface area contributed by atoms with Crippen molar-refractivity contribution in [1.29, 1.82) is 0 Å². The summed E-state index contributed by atoms with van der Waals surface area (Å²) in [7, 11) is 1.28. The van der Waals surface area contributed by atoms with Crippen molar-refractivity contribution >= 4 is 25.0 Å². The highest BCUT2D eigenvalue weighted by Crippen LogP contribution is 2.09. The maximum atomic E-state index is 12.9. The highest BCUT2D eigenvalue weighted by molar-refractivity contribution is 6.43. The molecule has 4 amide bonds. The maximum Gasteiger partial charge on any atom is 0.475 e. The number of urea groups is 1. The molecule has 1 unspecified atom stereocenters. The van der Waals surface area contributed by atoms with Gasteiger partial charge >= 0.3 is 13.1 Å². The summed E-state index contributed by atoms with van der Waals surface area (Å²) in [4.78, 5) is 40.5. The van der Waals surface area contributed by atoms with Gasteiger partial charge in [0.15, 0.2) is 0 Å². The van der Waals surface area contributed by atoms with Crippen molar-refractivity contribution in [2.75, 3.05) is 40.4 Å². The average molecular weight is 448 g/mol. The number of hydrogen-bond acceptors (Lipinski definition) is 6. The van der Waals surface area contributed by atoms with Crippen molar-refractivity contribution in [2.24, 2.45) is 0 Å². The van der Waals surface area contributed by atoms with Crippen molar-refractivity contribution in [3.05, 3.63) is 35.9 Å². The third-order valence-corrected chi connectivity index (χ3v) is 5.27. The van der Waals surface area contributed by atoms with Gasteiger partial charge in [0.1, 0.15) is 6.04 Å². The summed E-state index contributed by atoms with van der Waals surface area (Å²) in [5.41, 5.74) is 1.11. The Morgan fingerprint density at radius 3 is 2.38 bits per heavy atom. The normalized spacial score (nSPS) is 15.4. The molecule has 0 saturated carbocycles. The number of benzene rings is 1. The molecule has 1 aromatic carbocycles. The Morgan fingerprint density at radius 2 is 1.78 bits per heavy atom. The lowest BCUT2D eigenvalue weighted by Gasteiger charge is -2.29. The van der Waals surface area contributed by atoms with Crippen LogP contribution in [0.5, 0.6) is 0 Å². The number of nitrogens with one attached hydrogen (secondary N) is 2. The minimum Gasteiger partial charge on any atom is -0.426 e. The number of morpholine rings is 1. The molecule has 2 atom stereocenters. The van der Waals surface area contributed by atoms with Gasteiger partial charge in [-0.05, 0) is 24.8 Å². The monoisotopic (exact) mass is 448 g/mol. The Labute approximate surface area is 189 Å². The number of ether oxygens (including phenoxy) is 1. The molecule has 0 spiro atoms. The molecule has 1 aliphatic heterocycles. The van der Waals surface area contributed by atoms with Crippen molar-refractivity contribution in [3.63, 3.8) is 0 Å². The van der Waals surface area contributed by atoms with E-state index in [4.69, 9.17) is 4.74 Å². The van der Waals surface area contributed by atoms with Gasteiger partial charge in [-0.15, -0.1) is 0 Å². The van der Waals surface area contributed by atoms with E-state index in [2.05, 4.69) is 10.6 Å². The number of hydrogen-bond donors (Lipinski definition) is 4. The second-order valence-electron chi connectivity index (χ2n) is 8.00. The topological polar surface area (TPSA) is 131 Å². The lowest BCUT2D eigenvalue weighted by Crippen LogP contribution is -2.56. The molecule has 1 aliphatic rings. The molecule has 0 aliphatic carbocycles. The van der Waals surface area contributed by atoms with Gasteiger partial charge < -0.3 is 35.2 Å². The maximum absolute atomic E-state index is 12.9. The molecule has 1 saturated heterocycles. The lowest BCUT2D eigenvalue weighted by atomic mass is 9.76. The summed E-state index contributed by atoms with van der Waals surface area (Å²) >= 11 is 0. The third kappa shape index (κ3) is 8.48. The van der Waals surface area contributed by atoms with Crippen molar-refractivity contribution in [1.82, 2.24) is 20.4 Å². The Kier molecular flexibility index (Phi) is 10.4. The van der Waals surface area contributed by atoms with E-state index in [1.165, 1.54) is 19.0 Å². The molecule has 0 aromatic heterocycles. The van der Waals surface area contributed by atoms with Crippen molar-refractivity contribution in [2.45, 2.75) is 37.7 Å². The highest BCUT2D eigenvalue weighted by atomic mass is 16.5. The van der Waals surface area contributed by atoms with E-state index in [1.54, 1.807) is 4.90 Å². The summed E-state index contributed by atoms with van der Waals surface area (Å²) < 4.78 is 5.24. The molecule has 176 valence electrons. The van der Waals surface area contributed by atoms with E-state index >= 15 is 0 Å². The molecule has 1 heterocycles. The van der Waals surface area contributed by atoms with E-state index in [1.807, 2.05) is 30.3 Å². The van der Waals surface area contributed by atoms with Crippen LogP contribution in [0.4, 0.5) is 4.79 Å². The van der Waals surface area contributed by atoms with Crippen molar-refractivity contribution in [3.8, 4) is 0 Å². The van der Waals surface area contributed by atoms with Gasteiger partial charge in [-0.1, -0.05) is 30.3 Å². The summed E-state index contributed by atoms with van der Waals surface area (Å²) in [6, 6.07) is 8.07. The van der Waals surface area contributed by atoms with Crippen LogP contribution in [0.15, 0.2) is 30.3 Å². The number of rotatable bonds is 10. The molecule has 11 heteroatoms. The van der Waals surface area contributed by atoms with Gasteiger partial charge in [-0.25, -0.2) is 4.79 Å². The smallest absolute Gasteiger partial charge is 0.426 e. The molecule has 10 nitrogen and oxygen atoms in total. The van der Waals surface area contributed by atoms with Crippen LogP contribution < -0.4 is 10.6 Å². The quantitative estimate of drug-likeness (QED) is 0.354. The van der Waals surface area contributed by atoms with Crippen LogP contribution >= 0.6 is 0 Å². The van der Waals surface area contributed by atoms with Gasteiger partial charge in [-0.2, -0.15) is 0 Å². The van der Waals surface area contributed by atoms with Gasteiger partial charge in [0.2, 0.25) is 11.8 Å². The second kappa shape index (κ2) is 13.0. The SMILES string of the molecule is CN(C)C(=O)NC(CC(=O)N1CCOCC1)C(=O)N[C@@H](CCCc1ccccc1)B(O)O. The first kappa shape index (κ1) is 25.6. The first-order chi connectivity index (χ1) is 15.3. The van der Waals surface area contributed by atoms with Crippen LogP contribution in [0.1, 0.15) is 24.8 Å². The van der Waals surface area contributed by atoms with E-state index in [9.17, 15) is 24.4 Å². The van der Waals surface area contributed by atoms with Crippen LogP contribution in [-0.4, -0.2) is 97.2 Å². The standard InChI is InChI=1S/C21H33BN4O6/c1-25(2)21(29)23-17(15-19(27)26-11-13-32-14-12-26)20(28)24-18(22(30)31)10-6-9-16-7-4-3-5-8-16/h3-5,7-8,17-18,30-31H,6,9-15H2,1-2H3,(H,23,29)(H,24,28)/t17?,18-/m0/s1. The van der Waals surface area contributed by atoms with Crippen LogP contribution in [0.3, 0.4) is 0 Å². The van der Waals surface area contributed by atoms with E-state index < -0.39 is 31.0 Å². The predicted molar refractivity (Wildman–Crippen MR) is 120 cm³/mol. The molecule has 32 heavy (non-hydrogen) atoms. The molecule has 4 N–H and O–H groups in total. The Bertz CT molecular complexity index is 743. The fourth-order valence-corrected chi connectivity index (χ4v) is 3.35. The number of nitrogens with zero attached hydrogens (tertiary/aromatic N) is 2. The van der Waals surface area contributed by atoms with Crippen LogP contribution in [0.2, 0.25) is 0 Å². The zero-order valence-electron chi connectivity index (χ0n) is 18.7.